The third kappa shape index (κ3) is 6.56. The molecule has 2 aromatic carbocycles. The molecule has 1 amide bonds. The van der Waals surface area contributed by atoms with Crippen LogP contribution in [0.3, 0.4) is 0 Å². The van der Waals surface area contributed by atoms with E-state index in [1.165, 1.54) is 5.69 Å². The molecule has 2 fully saturated rings. The molecule has 0 saturated carbocycles. The highest BCUT2D eigenvalue weighted by Crippen LogP contribution is 2.36. The lowest BCUT2D eigenvalue weighted by molar-refractivity contribution is -0.131. The van der Waals surface area contributed by atoms with E-state index < -0.39 is 0 Å². The summed E-state index contributed by atoms with van der Waals surface area (Å²) in [6.07, 6.45) is 3.44. The fraction of sp³-hybridized carbons (Fsp3) is 0.519. The van der Waals surface area contributed by atoms with Gasteiger partial charge in [0, 0.05) is 41.9 Å². The van der Waals surface area contributed by atoms with E-state index in [-0.39, 0.29) is 11.9 Å². The van der Waals surface area contributed by atoms with Crippen LogP contribution in [0.2, 0.25) is 15.1 Å². The molecule has 1 N–H and O–H groups in total. The van der Waals surface area contributed by atoms with Gasteiger partial charge in [-0.2, -0.15) is 0 Å². The number of rotatable bonds is 7. The molecule has 190 valence electrons. The second-order valence-electron chi connectivity index (χ2n) is 10.1. The van der Waals surface area contributed by atoms with Gasteiger partial charge in [0.15, 0.2) is 0 Å². The number of anilines is 2. The summed E-state index contributed by atoms with van der Waals surface area (Å²) in [4.78, 5) is 18.9. The van der Waals surface area contributed by atoms with E-state index in [1.807, 2.05) is 37.2 Å². The molecule has 0 aromatic heterocycles. The highest BCUT2D eigenvalue weighted by Gasteiger charge is 2.33. The second kappa shape index (κ2) is 11.6. The molecular weight excluding hydrogens is 503 g/mol. The molecule has 0 radical (unpaired) electrons. The first-order chi connectivity index (χ1) is 16.7. The number of hydrogen-bond acceptors (Lipinski definition) is 4. The fourth-order valence-electron chi connectivity index (χ4n) is 5.38. The van der Waals surface area contributed by atoms with E-state index in [2.05, 4.69) is 34.2 Å². The zero-order chi connectivity index (χ0) is 25.1. The lowest BCUT2D eigenvalue weighted by Crippen LogP contribution is -2.39. The maximum absolute atomic E-state index is 12.4. The number of nitrogens with zero attached hydrogens (tertiary/aromatic N) is 3. The Balaban J connectivity index is 1.35. The smallest absolute Gasteiger partial charge is 0.236 e. The second-order valence-corrected chi connectivity index (χ2v) is 11.4. The molecule has 5 nitrogen and oxygen atoms in total. The molecule has 2 heterocycles. The van der Waals surface area contributed by atoms with Crippen LogP contribution in [-0.2, 0) is 4.79 Å². The van der Waals surface area contributed by atoms with Crippen molar-refractivity contribution >= 4 is 52.1 Å². The van der Waals surface area contributed by atoms with Gasteiger partial charge in [-0.15, -0.1) is 0 Å². The SMILES string of the molecule is C[C@@H](Nc1cc(N2CCC(C3CCN(C(=O)CN(C)C)C3)CC2)ccc1Cl)c1ccc(Cl)cc1Cl. The molecule has 0 spiro atoms. The summed E-state index contributed by atoms with van der Waals surface area (Å²) in [7, 11) is 3.90. The van der Waals surface area contributed by atoms with Crippen LogP contribution in [0.25, 0.3) is 0 Å². The van der Waals surface area contributed by atoms with Crippen molar-refractivity contribution in [3.63, 3.8) is 0 Å². The van der Waals surface area contributed by atoms with Gasteiger partial charge in [0.1, 0.15) is 0 Å². The van der Waals surface area contributed by atoms with E-state index in [1.54, 1.807) is 6.07 Å². The number of carbonyl (C=O) groups is 1. The highest BCUT2D eigenvalue weighted by atomic mass is 35.5. The number of piperidine rings is 1. The third-order valence-corrected chi connectivity index (χ3v) is 8.24. The van der Waals surface area contributed by atoms with E-state index in [4.69, 9.17) is 34.8 Å². The van der Waals surface area contributed by atoms with Crippen LogP contribution < -0.4 is 10.2 Å². The summed E-state index contributed by atoms with van der Waals surface area (Å²) in [6, 6.07) is 11.8. The average molecular weight is 538 g/mol. The molecule has 2 aliphatic rings. The van der Waals surface area contributed by atoms with Crippen LogP contribution in [0, 0.1) is 11.8 Å². The molecule has 0 aliphatic carbocycles. The first-order valence-electron chi connectivity index (χ1n) is 12.4. The van der Waals surface area contributed by atoms with Crippen LogP contribution in [0.5, 0.6) is 0 Å². The summed E-state index contributed by atoms with van der Waals surface area (Å²) in [6.45, 7) is 6.43. The number of hydrogen-bond donors (Lipinski definition) is 1. The minimum atomic E-state index is -0.0150. The van der Waals surface area contributed by atoms with Crippen LogP contribution in [0.1, 0.15) is 37.8 Å². The van der Waals surface area contributed by atoms with Gasteiger partial charge >= 0.3 is 0 Å². The van der Waals surface area contributed by atoms with Crippen LogP contribution in [0.4, 0.5) is 11.4 Å². The Morgan fingerprint density at radius 1 is 1.00 bits per heavy atom. The van der Waals surface area contributed by atoms with Gasteiger partial charge in [-0.05, 0) is 88.0 Å². The van der Waals surface area contributed by atoms with E-state index in [0.717, 1.165) is 56.7 Å². The Hall–Kier alpha value is -1.66. The summed E-state index contributed by atoms with van der Waals surface area (Å²) in [5.74, 6) is 1.56. The highest BCUT2D eigenvalue weighted by molar-refractivity contribution is 6.35. The van der Waals surface area contributed by atoms with Crippen molar-refractivity contribution in [2.75, 3.05) is 57.0 Å². The molecule has 2 atom stereocenters. The lowest BCUT2D eigenvalue weighted by Gasteiger charge is -2.36. The number of benzene rings is 2. The van der Waals surface area contributed by atoms with Gasteiger partial charge in [0.2, 0.25) is 5.91 Å². The Morgan fingerprint density at radius 3 is 2.40 bits per heavy atom. The molecular formula is C27H35Cl3N4O. The largest absolute Gasteiger partial charge is 0.377 e. The van der Waals surface area contributed by atoms with Crippen LogP contribution in [-0.4, -0.2) is 62.5 Å². The molecule has 35 heavy (non-hydrogen) atoms. The molecule has 2 aliphatic heterocycles. The third-order valence-electron chi connectivity index (χ3n) is 7.35. The number of likely N-dealkylation sites (tertiary alicyclic amines) is 1. The summed E-state index contributed by atoms with van der Waals surface area (Å²) < 4.78 is 0. The topological polar surface area (TPSA) is 38.8 Å². The van der Waals surface area contributed by atoms with Crippen LogP contribution in [0.15, 0.2) is 36.4 Å². The van der Waals surface area contributed by atoms with Gasteiger partial charge < -0.3 is 20.0 Å². The number of halogens is 3. The average Bonchev–Trinajstić information content (AvgIpc) is 3.31. The van der Waals surface area contributed by atoms with Crippen molar-refractivity contribution in [1.82, 2.24) is 9.80 Å². The summed E-state index contributed by atoms with van der Waals surface area (Å²) in [5.41, 5.74) is 3.06. The molecule has 2 saturated heterocycles. The minimum absolute atomic E-state index is 0.0150. The summed E-state index contributed by atoms with van der Waals surface area (Å²) in [5, 5.41) is 5.47. The predicted octanol–water partition coefficient (Wildman–Crippen LogP) is 6.45. The number of likely N-dealkylation sites (N-methyl/N-ethyl adjacent to an activating group) is 1. The van der Waals surface area contributed by atoms with Gasteiger partial charge in [0.05, 0.1) is 23.3 Å². The van der Waals surface area contributed by atoms with Gasteiger partial charge in [-0.1, -0.05) is 40.9 Å². The number of amides is 1. The van der Waals surface area contributed by atoms with Crippen molar-refractivity contribution in [3.05, 3.63) is 57.0 Å². The zero-order valence-corrected chi connectivity index (χ0v) is 23.0. The van der Waals surface area contributed by atoms with Crippen molar-refractivity contribution in [1.29, 1.82) is 0 Å². The van der Waals surface area contributed by atoms with Crippen molar-refractivity contribution in [2.24, 2.45) is 11.8 Å². The van der Waals surface area contributed by atoms with E-state index in [9.17, 15) is 4.79 Å². The van der Waals surface area contributed by atoms with Gasteiger partial charge in [-0.25, -0.2) is 0 Å². The van der Waals surface area contributed by atoms with Crippen molar-refractivity contribution < 1.29 is 4.79 Å². The first-order valence-corrected chi connectivity index (χ1v) is 13.5. The molecule has 0 bridgehead atoms. The Morgan fingerprint density at radius 2 is 1.71 bits per heavy atom. The van der Waals surface area contributed by atoms with Crippen LogP contribution >= 0.6 is 34.8 Å². The maximum atomic E-state index is 12.4. The molecule has 1 unspecified atom stereocenters. The van der Waals surface area contributed by atoms with Gasteiger partial charge in [0.25, 0.3) is 0 Å². The number of carbonyl (C=O) groups excluding carboxylic acids is 1. The van der Waals surface area contributed by atoms with Gasteiger partial charge in [-0.3, -0.25) is 4.79 Å². The quantitative estimate of drug-likeness (QED) is 0.441. The Kier molecular flexibility index (Phi) is 8.75. The standard InChI is InChI=1S/C27H35Cl3N4O/c1-18(23-6-4-21(28)14-25(23)30)31-26-15-22(5-7-24(26)29)33-11-8-19(9-12-33)20-10-13-34(16-20)27(35)17-32(2)3/h4-7,14-15,18-20,31H,8-13,16-17H2,1-3H3/t18-,20?/m1/s1. The van der Waals surface area contributed by atoms with E-state index >= 15 is 0 Å². The van der Waals surface area contributed by atoms with Crippen molar-refractivity contribution in [3.8, 4) is 0 Å². The maximum Gasteiger partial charge on any atom is 0.236 e. The number of nitrogens with one attached hydrogen (secondary N) is 1. The predicted molar refractivity (Wildman–Crippen MR) is 148 cm³/mol. The molecule has 8 heteroatoms. The summed E-state index contributed by atoms with van der Waals surface area (Å²) >= 11 is 19.0. The normalized spacial score (nSPS) is 19.9. The monoisotopic (exact) mass is 536 g/mol. The molecule has 4 rings (SSSR count). The Bertz CT molecular complexity index is 1040. The Labute approximate surface area is 224 Å². The lowest BCUT2D eigenvalue weighted by atomic mass is 9.83. The zero-order valence-electron chi connectivity index (χ0n) is 20.7. The first kappa shape index (κ1) is 26.4. The van der Waals surface area contributed by atoms with E-state index in [0.29, 0.717) is 33.4 Å². The molecule has 2 aromatic rings. The fourth-order valence-corrected chi connectivity index (χ4v) is 6.13. The van der Waals surface area contributed by atoms with Crippen molar-refractivity contribution in [2.45, 2.75) is 32.2 Å². The minimum Gasteiger partial charge on any atom is -0.377 e.